The van der Waals surface area contributed by atoms with E-state index in [1.807, 2.05) is 0 Å². The van der Waals surface area contributed by atoms with E-state index >= 15 is 0 Å². The van der Waals surface area contributed by atoms with Gasteiger partial charge in [-0.15, -0.1) is 0 Å². The molecular weight excluding hydrogens is 320 g/mol. The van der Waals surface area contributed by atoms with Gasteiger partial charge in [-0.05, 0) is 104 Å². The van der Waals surface area contributed by atoms with Crippen LogP contribution in [0.15, 0.2) is 0 Å². The molecule has 2 N–H and O–H groups in total. The fourth-order valence-corrected chi connectivity index (χ4v) is 15.5. The molecule has 0 saturated heterocycles. The SMILES string of the molecule is OC12CCCC34CC56CCCC5(C13)C13CCCC6C15CCCC3(O)C2C45. The van der Waals surface area contributed by atoms with E-state index < -0.39 is 11.2 Å². The predicted octanol–water partition coefficient (Wildman–Crippen LogP) is 4.04. The molecule has 8 aliphatic carbocycles. The summed E-state index contributed by atoms with van der Waals surface area (Å²) in [5, 5.41) is 25.1. The van der Waals surface area contributed by atoms with E-state index in [4.69, 9.17) is 0 Å². The van der Waals surface area contributed by atoms with Crippen LogP contribution in [0.5, 0.6) is 0 Å². The number of fused-ring (bicyclic) bond motifs is 3. The maximum Gasteiger partial charge on any atom is 0.0773 e. The summed E-state index contributed by atoms with van der Waals surface area (Å²) in [6, 6.07) is 0. The lowest BCUT2D eigenvalue weighted by atomic mass is 9.32. The van der Waals surface area contributed by atoms with E-state index in [0.717, 1.165) is 18.8 Å². The summed E-state index contributed by atoms with van der Waals surface area (Å²) in [5.41, 5.74) is 0.917. The first-order chi connectivity index (χ1) is 12.5. The van der Waals surface area contributed by atoms with Crippen molar-refractivity contribution >= 4 is 0 Å². The lowest BCUT2D eigenvalue weighted by Crippen LogP contribution is -2.74. The maximum absolute atomic E-state index is 12.7. The van der Waals surface area contributed by atoms with E-state index in [2.05, 4.69) is 0 Å². The normalized spacial score (nSPS) is 80.5. The summed E-state index contributed by atoms with van der Waals surface area (Å²) < 4.78 is 0. The smallest absolute Gasteiger partial charge is 0.0773 e. The molecule has 0 radical (unpaired) electrons. The first-order valence-corrected chi connectivity index (χ1v) is 12.0. The molecule has 0 aromatic heterocycles. The molecular formula is C24H32O2. The van der Waals surface area contributed by atoms with Gasteiger partial charge < -0.3 is 10.2 Å². The van der Waals surface area contributed by atoms with Gasteiger partial charge in [0, 0.05) is 17.3 Å². The van der Waals surface area contributed by atoms with Gasteiger partial charge in [0.25, 0.3) is 0 Å². The summed E-state index contributed by atoms with van der Waals surface area (Å²) >= 11 is 0. The van der Waals surface area contributed by atoms with Gasteiger partial charge in [0.2, 0.25) is 0 Å². The molecule has 2 heteroatoms. The molecule has 0 aromatic carbocycles. The Bertz CT molecular complexity index is 823. The van der Waals surface area contributed by atoms with Gasteiger partial charge >= 0.3 is 0 Å². The summed E-state index contributed by atoms with van der Waals surface area (Å²) in [6.45, 7) is 0. The summed E-state index contributed by atoms with van der Waals surface area (Å²) in [4.78, 5) is 0. The van der Waals surface area contributed by atoms with E-state index in [1.54, 1.807) is 0 Å². The minimum Gasteiger partial charge on any atom is -0.389 e. The minimum atomic E-state index is -0.515. The van der Waals surface area contributed by atoms with Crippen LogP contribution in [0, 0.1) is 50.7 Å². The van der Waals surface area contributed by atoms with Crippen LogP contribution in [-0.2, 0) is 0 Å². The molecule has 8 aliphatic rings. The van der Waals surface area contributed by atoms with Crippen molar-refractivity contribution in [3.05, 3.63) is 0 Å². The molecule has 0 aromatic rings. The lowest BCUT2D eigenvalue weighted by molar-refractivity contribution is -0.315. The average Bonchev–Trinajstić information content (AvgIpc) is 3.07. The zero-order chi connectivity index (χ0) is 17.0. The number of rotatable bonds is 0. The number of hydrogen-bond acceptors (Lipinski definition) is 2. The second-order valence-corrected chi connectivity index (χ2v) is 12.8. The van der Waals surface area contributed by atoms with Crippen LogP contribution < -0.4 is 0 Å². The van der Waals surface area contributed by atoms with Gasteiger partial charge in [-0.1, -0.05) is 12.8 Å². The van der Waals surface area contributed by atoms with Crippen molar-refractivity contribution in [1.29, 1.82) is 0 Å². The summed E-state index contributed by atoms with van der Waals surface area (Å²) in [7, 11) is 0. The maximum atomic E-state index is 12.7. The standard InChI is InChI=1S/C24H32O2/c25-21-9-2-6-18-13-19-7-3-10-22(19,17(18)21)24-12-1-5-14(19)20(24)8-4-11-23(24,26)16(21)15(18)20/h14-17,25-26H,1-13H2. The van der Waals surface area contributed by atoms with Gasteiger partial charge in [-0.25, -0.2) is 0 Å². The molecule has 11 unspecified atom stereocenters. The van der Waals surface area contributed by atoms with Crippen molar-refractivity contribution in [2.24, 2.45) is 50.7 Å². The second kappa shape index (κ2) is 3.18. The van der Waals surface area contributed by atoms with E-state index in [9.17, 15) is 10.2 Å². The fourth-order valence-electron chi connectivity index (χ4n) is 15.5. The molecule has 8 rings (SSSR count). The molecule has 6 bridgehead atoms. The summed E-state index contributed by atoms with van der Waals surface area (Å²) in [5.74, 6) is 2.42. The van der Waals surface area contributed by atoms with Gasteiger partial charge in [0.15, 0.2) is 0 Å². The van der Waals surface area contributed by atoms with E-state index in [0.29, 0.717) is 33.5 Å². The Kier molecular flexibility index (Phi) is 1.71. The molecule has 140 valence electrons. The van der Waals surface area contributed by atoms with Gasteiger partial charge in [-0.3, -0.25) is 0 Å². The highest BCUT2D eigenvalue weighted by molar-refractivity contribution is 5.55. The molecule has 0 aliphatic heterocycles. The van der Waals surface area contributed by atoms with Gasteiger partial charge in [-0.2, -0.15) is 0 Å². The molecule has 2 nitrogen and oxygen atoms in total. The summed E-state index contributed by atoms with van der Waals surface area (Å²) in [6.07, 6.45) is 17.1. The molecule has 0 spiro atoms. The fraction of sp³-hybridized carbons (Fsp3) is 1.00. The third-order valence-electron chi connectivity index (χ3n) is 13.9. The van der Waals surface area contributed by atoms with Crippen molar-refractivity contribution < 1.29 is 10.2 Å². The van der Waals surface area contributed by atoms with E-state index in [1.165, 1.54) is 70.6 Å². The Morgan fingerprint density at radius 2 is 1.58 bits per heavy atom. The Labute approximate surface area is 156 Å². The van der Waals surface area contributed by atoms with Crippen LogP contribution in [0.1, 0.15) is 83.5 Å². The second-order valence-electron chi connectivity index (χ2n) is 12.8. The molecule has 11 atom stereocenters. The van der Waals surface area contributed by atoms with Crippen molar-refractivity contribution in [1.82, 2.24) is 0 Å². The van der Waals surface area contributed by atoms with Crippen molar-refractivity contribution in [3.8, 4) is 0 Å². The topological polar surface area (TPSA) is 40.5 Å². The molecule has 0 amide bonds. The Morgan fingerprint density at radius 3 is 2.50 bits per heavy atom. The Morgan fingerprint density at radius 1 is 0.731 bits per heavy atom. The highest BCUT2D eigenvalue weighted by Gasteiger charge is 3.07. The quantitative estimate of drug-likeness (QED) is 0.691. The molecule has 26 heavy (non-hydrogen) atoms. The first kappa shape index (κ1) is 14.0. The van der Waals surface area contributed by atoms with Crippen LogP contribution in [-0.4, -0.2) is 21.4 Å². The molecule has 8 fully saturated rings. The van der Waals surface area contributed by atoms with Crippen molar-refractivity contribution in [2.75, 3.05) is 0 Å². The van der Waals surface area contributed by atoms with Crippen LogP contribution in [0.4, 0.5) is 0 Å². The molecule has 8 saturated carbocycles. The highest BCUT2D eigenvalue weighted by atomic mass is 16.3. The number of aliphatic hydroxyl groups is 2. The third-order valence-corrected chi connectivity index (χ3v) is 13.9. The van der Waals surface area contributed by atoms with Gasteiger partial charge in [0.05, 0.1) is 11.2 Å². The largest absolute Gasteiger partial charge is 0.389 e. The predicted molar refractivity (Wildman–Crippen MR) is 96.0 cm³/mol. The van der Waals surface area contributed by atoms with Crippen LogP contribution in [0.25, 0.3) is 0 Å². The average molecular weight is 353 g/mol. The number of hydrogen-bond donors (Lipinski definition) is 2. The van der Waals surface area contributed by atoms with Crippen molar-refractivity contribution in [2.45, 2.75) is 94.7 Å². The van der Waals surface area contributed by atoms with Crippen molar-refractivity contribution in [3.63, 3.8) is 0 Å². The van der Waals surface area contributed by atoms with Gasteiger partial charge in [0.1, 0.15) is 0 Å². The monoisotopic (exact) mass is 352 g/mol. The first-order valence-electron chi connectivity index (χ1n) is 12.0. The highest BCUT2D eigenvalue weighted by Crippen LogP contribution is 3.08. The van der Waals surface area contributed by atoms with Crippen LogP contribution in [0.3, 0.4) is 0 Å². The molecule has 0 heterocycles. The zero-order valence-corrected chi connectivity index (χ0v) is 15.9. The Hall–Kier alpha value is -0.0800. The van der Waals surface area contributed by atoms with Crippen LogP contribution >= 0.6 is 0 Å². The minimum absolute atomic E-state index is 0.217. The van der Waals surface area contributed by atoms with Crippen LogP contribution in [0.2, 0.25) is 0 Å². The zero-order valence-electron chi connectivity index (χ0n) is 15.9. The third kappa shape index (κ3) is 0.733. The van der Waals surface area contributed by atoms with E-state index in [-0.39, 0.29) is 11.3 Å². The Balaban J connectivity index is 1.55. The lowest BCUT2D eigenvalue weighted by Gasteiger charge is -2.73.